The number of non-ortho nitro benzene ring substituents is 1. The second-order valence-corrected chi connectivity index (χ2v) is 9.32. The number of nitrogens with zero attached hydrogens (tertiary/aromatic N) is 2. The van der Waals surface area contributed by atoms with E-state index < -0.39 is 20.7 Å². The van der Waals surface area contributed by atoms with Gasteiger partial charge in [0.05, 0.1) is 21.3 Å². The van der Waals surface area contributed by atoms with E-state index in [1.54, 1.807) is 17.5 Å². The molecule has 8 nitrogen and oxygen atoms in total. The molecule has 0 fully saturated rings. The van der Waals surface area contributed by atoms with Crippen LogP contribution in [0.5, 0.6) is 0 Å². The van der Waals surface area contributed by atoms with E-state index in [0.717, 1.165) is 11.3 Å². The highest BCUT2D eigenvalue weighted by Gasteiger charge is 2.17. The van der Waals surface area contributed by atoms with Crippen molar-refractivity contribution in [2.24, 2.45) is 0 Å². The van der Waals surface area contributed by atoms with Gasteiger partial charge >= 0.3 is 0 Å². The zero-order chi connectivity index (χ0) is 21.0. The van der Waals surface area contributed by atoms with Crippen molar-refractivity contribution in [1.82, 2.24) is 4.98 Å². The fourth-order valence-electron chi connectivity index (χ4n) is 2.41. The monoisotopic (exact) mass is 451 g/mol. The smallest absolute Gasteiger partial charge is 0.270 e. The molecule has 0 unspecified atom stereocenters. The van der Waals surface area contributed by atoms with Gasteiger partial charge in [0.25, 0.3) is 5.69 Å². The summed E-state index contributed by atoms with van der Waals surface area (Å²) in [6.45, 7) is 0. The molecule has 3 aromatic rings. The summed E-state index contributed by atoms with van der Waals surface area (Å²) in [5.41, 5.74) is 0.956. The number of sulfone groups is 1. The third kappa shape index (κ3) is 5.37. The number of nitrogens with one attached hydrogen (secondary N) is 1. The van der Waals surface area contributed by atoms with Crippen molar-refractivity contribution < 1.29 is 18.1 Å². The topological polar surface area (TPSA) is 119 Å². The van der Waals surface area contributed by atoms with Crippen LogP contribution in [-0.2, 0) is 14.6 Å². The molecule has 0 atom stereocenters. The number of carbonyl (C=O) groups excluding carboxylic acids is 1. The molecule has 150 valence electrons. The maximum absolute atomic E-state index is 12.3. The summed E-state index contributed by atoms with van der Waals surface area (Å²) in [6, 6.07) is 11.7. The molecule has 0 aliphatic carbocycles. The number of halogens is 1. The number of hydrogen-bond acceptors (Lipinski definition) is 7. The van der Waals surface area contributed by atoms with Gasteiger partial charge in [-0.1, -0.05) is 23.7 Å². The summed E-state index contributed by atoms with van der Waals surface area (Å²) in [5, 5.41) is 15.8. The average Bonchev–Trinajstić information content (AvgIpc) is 3.15. The zero-order valence-corrected chi connectivity index (χ0v) is 17.1. The molecule has 1 N–H and O–H groups in total. The molecule has 11 heteroatoms. The first-order valence-electron chi connectivity index (χ1n) is 8.23. The summed E-state index contributed by atoms with van der Waals surface area (Å²) in [7, 11) is -3.62. The summed E-state index contributed by atoms with van der Waals surface area (Å²) in [5.74, 6) is -0.855. The highest BCUT2D eigenvalue weighted by molar-refractivity contribution is 7.91. The number of rotatable bonds is 7. The Bertz CT molecular complexity index is 1160. The van der Waals surface area contributed by atoms with Gasteiger partial charge in [-0.3, -0.25) is 14.9 Å². The number of hydrogen-bond donors (Lipinski definition) is 1. The molecule has 0 radical (unpaired) electrons. The molecule has 0 aliphatic heterocycles. The highest BCUT2D eigenvalue weighted by Crippen LogP contribution is 2.27. The molecular formula is C18H14ClN3O5S2. The standard InChI is InChI=1S/C18H14ClN3O5S2/c19-13-4-6-15(7-5-13)29(26,27)9-8-17(23)21-18-20-16(11-28-18)12-2-1-3-14(10-12)22(24)25/h1-7,10-11H,8-9H2,(H,20,21,23). The molecule has 0 bridgehead atoms. The minimum atomic E-state index is -3.62. The van der Waals surface area contributed by atoms with E-state index in [0.29, 0.717) is 16.3 Å². The number of anilines is 1. The van der Waals surface area contributed by atoms with Crippen LogP contribution in [0.3, 0.4) is 0 Å². The van der Waals surface area contributed by atoms with Crippen molar-refractivity contribution in [2.75, 3.05) is 11.1 Å². The molecule has 29 heavy (non-hydrogen) atoms. The van der Waals surface area contributed by atoms with E-state index in [4.69, 9.17) is 11.6 Å². The third-order valence-corrected chi connectivity index (χ3v) is 6.62. The Morgan fingerprint density at radius 2 is 1.93 bits per heavy atom. The maximum Gasteiger partial charge on any atom is 0.270 e. The molecule has 3 rings (SSSR count). The Morgan fingerprint density at radius 3 is 2.62 bits per heavy atom. The van der Waals surface area contributed by atoms with Crippen LogP contribution in [0, 0.1) is 10.1 Å². The van der Waals surface area contributed by atoms with Gasteiger partial charge in [-0.2, -0.15) is 0 Å². The van der Waals surface area contributed by atoms with Crippen LogP contribution in [0.1, 0.15) is 6.42 Å². The first-order chi connectivity index (χ1) is 13.7. The van der Waals surface area contributed by atoms with Gasteiger partial charge in [0, 0.05) is 34.5 Å². The second-order valence-electron chi connectivity index (χ2n) is 5.92. The summed E-state index contributed by atoms with van der Waals surface area (Å²) in [4.78, 5) is 26.8. The number of thiazole rings is 1. The number of carbonyl (C=O) groups is 1. The maximum atomic E-state index is 12.3. The minimum Gasteiger partial charge on any atom is -0.302 e. The fourth-order valence-corrected chi connectivity index (χ4v) is 4.51. The van der Waals surface area contributed by atoms with Crippen molar-refractivity contribution in [3.8, 4) is 11.3 Å². The quantitative estimate of drug-likeness (QED) is 0.425. The van der Waals surface area contributed by atoms with Crippen LogP contribution in [-0.4, -0.2) is 30.0 Å². The van der Waals surface area contributed by atoms with Gasteiger partial charge < -0.3 is 5.32 Å². The van der Waals surface area contributed by atoms with Gasteiger partial charge in [0.1, 0.15) is 0 Å². The lowest BCUT2D eigenvalue weighted by Gasteiger charge is -2.05. The Labute approximate surface area is 175 Å². The van der Waals surface area contributed by atoms with Gasteiger partial charge in [-0.05, 0) is 24.3 Å². The molecule has 1 amide bonds. The predicted molar refractivity (Wildman–Crippen MR) is 111 cm³/mol. The van der Waals surface area contributed by atoms with Gasteiger partial charge in [-0.25, -0.2) is 13.4 Å². The van der Waals surface area contributed by atoms with Crippen molar-refractivity contribution in [1.29, 1.82) is 0 Å². The zero-order valence-electron chi connectivity index (χ0n) is 14.7. The lowest BCUT2D eigenvalue weighted by atomic mass is 10.1. The summed E-state index contributed by atoms with van der Waals surface area (Å²) < 4.78 is 24.6. The van der Waals surface area contributed by atoms with Crippen LogP contribution in [0.25, 0.3) is 11.3 Å². The van der Waals surface area contributed by atoms with E-state index >= 15 is 0 Å². The van der Waals surface area contributed by atoms with Crippen LogP contribution in [0.4, 0.5) is 10.8 Å². The fraction of sp³-hybridized carbons (Fsp3) is 0.111. The van der Waals surface area contributed by atoms with E-state index in [-0.39, 0.29) is 27.9 Å². The lowest BCUT2D eigenvalue weighted by molar-refractivity contribution is -0.384. The van der Waals surface area contributed by atoms with Crippen LogP contribution in [0.2, 0.25) is 5.02 Å². The lowest BCUT2D eigenvalue weighted by Crippen LogP contribution is -2.17. The Balaban J connectivity index is 1.62. The van der Waals surface area contributed by atoms with E-state index in [2.05, 4.69) is 10.3 Å². The molecule has 2 aromatic carbocycles. The van der Waals surface area contributed by atoms with Crippen LogP contribution < -0.4 is 5.32 Å². The van der Waals surface area contributed by atoms with Gasteiger partial charge in [0.15, 0.2) is 15.0 Å². The van der Waals surface area contributed by atoms with Crippen molar-refractivity contribution in [2.45, 2.75) is 11.3 Å². The largest absolute Gasteiger partial charge is 0.302 e. The molecular weight excluding hydrogens is 438 g/mol. The number of nitro groups is 1. The number of aromatic nitrogens is 1. The van der Waals surface area contributed by atoms with E-state index in [1.165, 1.54) is 36.4 Å². The van der Waals surface area contributed by atoms with Crippen molar-refractivity contribution in [3.63, 3.8) is 0 Å². The molecule has 0 aliphatic rings. The molecule has 0 spiro atoms. The first kappa shape index (κ1) is 20.9. The Morgan fingerprint density at radius 1 is 1.21 bits per heavy atom. The SMILES string of the molecule is O=C(CCS(=O)(=O)c1ccc(Cl)cc1)Nc1nc(-c2cccc([N+](=O)[O-])c2)cs1. The third-order valence-electron chi connectivity index (χ3n) is 3.87. The van der Waals surface area contributed by atoms with Gasteiger partial charge in [0.2, 0.25) is 5.91 Å². The average molecular weight is 452 g/mol. The number of nitro benzene ring substituents is 1. The predicted octanol–water partition coefficient (Wildman–Crippen LogP) is 4.17. The second kappa shape index (κ2) is 8.68. The summed E-state index contributed by atoms with van der Waals surface area (Å²) >= 11 is 6.89. The highest BCUT2D eigenvalue weighted by atomic mass is 35.5. The number of amides is 1. The van der Waals surface area contributed by atoms with Gasteiger partial charge in [-0.15, -0.1) is 11.3 Å². The van der Waals surface area contributed by atoms with E-state index in [9.17, 15) is 23.3 Å². The van der Waals surface area contributed by atoms with Crippen LogP contribution >= 0.6 is 22.9 Å². The first-order valence-corrected chi connectivity index (χ1v) is 11.1. The van der Waals surface area contributed by atoms with Crippen molar-refractivity contribution in [3.05, 3.63) is 69.0 Å². The van der Waals surface area contributed by atoms with E-state index in [1.807, 2.05) is 0 Å². The molecule has 0 saturated carbocycles. The Hall–Kier alpha value is -2.82. The molecule has 0 saturated heterocycles. The minimum absolute atomic E-state index is 0.0616. The normalized spacial score (nSPS) is 11.2. The number of benzene rings is 2. The Kier molecular flexibility index (Phi) is 6.26. The summed E-state index contributed by atoms with van der Waals surface area (Å²) in [6.07, 6.45) is -0.239. The van der Waals surface area contributed by atoms with Crippen LogP contribution in [0.15, 0.2) is 58.8 Å². The molecule has 1 heterocycles. The molecule has 1 aromatic heterocycles. The van der Waals surface area contributed by atoms with Crippen molar-refractivity contribution >= 4 is 49.5 Å².